The first kappa shape index (κ1) is 13.0. The van der Waals surface area contributed by atoms with Gasteiger partial charge in [0.1, 0.15) is 0 Å². The van der Waals surface area contributed by atoms with E-state index in [2.05, 4.69) is 27.4 Å². The van der Waals surface area contributed by atoms with Crippen molar-refractivity contribution in [2.24, 2.45) is 0 Å². The molecule has 0 aliphatic carbocycles. The number of nitrogens with zero attached hydrogens (tertiary/aromatic N) is 1. The van der Waals surface area contributed by atoms with Gasteiger partial charge >= 0.3 is 4.87 Å². The molecule has 0 amide bonds. The summed E-state index contributed by atoms with van der Waals surface area (Å²) in [6.07, 6.45) is 0. The molecule has 0 aliphatic heterocycles. The van der Waals surface area contributed by atoms with E-state index in [0.717, 1.165) is 23.4 Å². The van der Waals surface area contributed by atoms with Crippen LogP contribution < -0.4 is 10.2 Å². The zero-order valence-electron chi connectivity index (χ0n) is 11.1. The predicted molar refractivity (Wildman–Crippen MR) is 82.0 cm³/mol. The molecule has 2 aromatic heterocycles. The van der Waals surface area contributed by atoms with Gasteiger partial charge in [0, 0.05) is 35.2 Å². The first-order valence-corrected chi connectivity index (χ1v) is 7.33. The summed E-state index contributed by atoms with van der Waals surface area (Å²) in [6, 6.07) is 10.3. The van der Waals surface area contributed by atoms with Crippen LogP contribution in [0.5, 0.6) is 0 Å². The fraction of sp³-hybridized carbons (Fsp3) is 0.200. The second-order valence-corrected chi connectivity index (χ2v) is 5.56. The molecule has 0 saturated heterocycles. The molecule has 0 aliphatic rings. The Labute approximate surface area is 120 Å². The van der Waals surface area contributed by atoms with Crippen molar-refractivity contribution in [2.75, 3.05) is 0 Å². The van der Waals surface area contributed by atoms with Gasteiger partial charge in [-0.15, -0.1) is 0 Å². The first-order valence-electron chi connectivity index (χ1n) is 6.45. The monoisotopic (exact) mass is 285 g/mol. The topological polar surface area (TPSA) is 57.8 Å². The largest absolute Gasteiger partial charge is 0.315 e. The molecular formula is C15H15N3OS. The normalized spacial score (nSPS) is 11.1. The van der Waals surface area contributed by atoms with Crippen LogP contribution in [0.15, 0.2) is 40.5 Å². The van der Waals surface area contributed by atoms with Crippen LogP contribution in [0.3, 0.4) is 0 Å². The molecule has 0 atom stereocenters. The standard InChI is InChI=1S/C15H15N3OS/c1-10-6-11(13-4-2-3-5-14(13)17-10)7-16-8-12-9-20-15(19)18-12/h2-6,9,16H,7-8H2,1H3,(H,18,19). The summed E-state index contributed by atoms with van der Waals surface area (Å²) in [5.74, 6) is 0. The maximum atomic E-state index is 11.1. The molecule has 3 rings (SSSR count). The molecule has 2 heterocycles. The SMILES string of the molecule is Cc1cc(CNCc2csc(=O)[nH]2)c2ccccc2n1. The van der Waals surface area contributed by atoms with Crippen molar-refractivity contribution >= 4 is 22.2 Å². The van der Waals surface area contributed by atoms with E-state index in [9.17, 15) is 4.79 Å². The third-order valence-corrected chi connectivity index (χ3v) is 3.85. The van der Waals surface area contributed by atoms with Gasteiger partial charge in [-0.3, -0.25) is 9.78 Å². The van der Waals surface area contributed by atoms with Crippen molar-refractivity contribution in [1.82, 2.24) is 15.3 Å². The molecule has 20 heavy (non-hydrogen) atoms. The Balaban J connectivity index is 1.78. The lowest BCUT2D eigenvalue weighted by atomic mass is 10.1. The molecule has 0 bridgehead atoms. The minimum Gasteiger partial charge on any atom is -0.315 e. The van der Waals surface area contributed by atoms with Gasteiger partial charge in [-0.1, -0.05) is 29.5 Å². The molecule has 102 valence electrons. The molecule has 0 radical (unpaired) electrons. The van der Waals surface area contributed by atoms with E-state index >= 15 is 0 Å². The zero-order chi connectivity index (χ0) is 13.9. The Morgan fingerprint density at radius 1 is 1.30 bits per heavy atom. The van der Waals surface area contributed by atoms with Crippen LogP contribution in [-0.4, -0.2) is 9.97 Å². The zero-order valence-corrected chi connectivity index (χ0v) is 12.0. The molecule has 0 fully saturated rings. The van der Waals surface area contributed by atoms with E-state index in [-0.39, 0.29) is 4.87 Å². The first-order chi connectivity index (χ1) is 9.72. The summed E-state index contributed by atoms with van der Waals surface area (Å²) < 4.78 is 0. The van der Waals surface area contributed by atoms with Crippen molar-refractivity contribution in [1.29, 1.82) is 0 Å². The van der Waals surface area contributed by atoms with Gasteiger partial charge in [0.2, 0.25) is 0 Å². The minimum absolute atomic E-state index is 0.00740. The fourth-order valence-electron chi connectivity index (χ4n) is 2.27. The van der Waals surface area contributed by atoms with Crippen molar-refractivity contribution in [3.63, 3.8) is 0 Å². The van der Waals surface area contributed by atoms with Gasteiger partial charge in [0.25, 0.3) is 0 Å². The van der Waals surface area contributed by atoms with Crippen LogP contribution in [0.4, 0.5) is 0 Å². The number of aromatic amines is 1. The summed E-state index contributed by atoms with van der Waals surface area (Å²) in [7, 11) is 0. The average molecular weight is 285 g/mol. The van der Waals surface area contributed by atoms with E-state index in [0.29, 0.717) is 6.54 Å². The summed E-state index contributed by atoms with van der Waals surface area (Å²) in [4.78, 5) is 18.4. The Hall–Kier alpha value is -1.98. The average Bonchev–Trinajstić information content (AvgIpc) is 2.84. The van der Waals surface area contributed by atoms with Crippen LogP contribution in [0.2, 0.25) is 0 Å². The molecule has 0 spiro atoms. The van der Waals surface area contributed by atoms with E-state index in [1.807, 2.05) is 30.5 Å². The highest BCUT2D eigenvalue weighted by atomic mass is 32.1. The van der Waals surface area contributed by atoms with Gasteiger partial charge in [0.15, 0.2) is 0 Å². The molecule has 4 nitrogen and oxygen atoms in total. The van der Waals surface area contributed by atoms with Crippen molar-refractivity contribution in [2.45, 2.75) is 20.0 Å². The van der Waals surface area contributed by atoms with E-state index in [1.165, 1.54) is 22.3 Å². The van der Waals surface area contributed by atoms with E-state index in [4.69, 9.17) is 0 Å². The van der Waals surface area contributed by atoms with E-state index in [1.54, 1.807) is 0 Å². The quantitative estimate of drug-likeness (QED) is 0.774. The molecule has 1 aromatic carbocycles. The second-order valence-electron chi connectivity index (χ2n) is 4.72. The number of H-pyrrole nitrogens is 1. The number of nitrogens with one attached hydrogen (secondary N) is 2. The van der Waals surface area contributed by atoms with Gasteiger partial charge in [-0.05, 0) is 24.6 Å². The van der Waals surface area contributed by atoms with Gasteiger partial charge < -0.3 is 10.3 Å². The Bertz CT molecular complexity index is 791. The van der Waals surface area contributed by atoms with Crippen LogP contribution in [-0.2, 0) is 13.1 Å². The molecule has 0 unspecified atom stereocenters. The van der Waals surface area contributed by atoms with Crippen LogP contribution in [0.25, 0.3) is 10.9 Å². The van der Waals surface area contributed by atoms with E-state index < -0.39 is 0 Å². The Kier molecular flexibility index (Phi) is 3.62. The fourth-order valence-corrected chi connectivity index (χ4v) is 2.86. The Morgan fingerprint density at radius 2 is 2.15 bits per heavy atom. The highest BCUT2D eigenvalue weighted by Gasteiger charge is 2.03. The number of aromatic nitrogens is 2. The highest BCUT2D eigenvalue weighted by molar-refractivity contribution is 7.07. The predicted octanol–water partition coefficient (Wildman–Crippen LogP) is 2.58. The number of aryl methyl sites for hydroxylation is 1. The number of para-hydroxylation sites is 1. The molecular weight excluding hydrogens is 270 g/mol. The number of pyridine rings is 1. The lowest BCUT2D eigenvalue weighted by Gasteiger charge is -2.08. The highest BCUT2D eigenvalue weighted by Crippen LogP contribution is 2.18. The van der Waals surface area contributed by atoms with Crippen molar-refractivity contribution < 1.29 is 0 Å². The Morgan fingerprint density at radius 3 is 2.95 bits per heavy atom. The molecule has 0 saturated carbocycles. The third-order valence-electron chi connectivity index (χ3n) is 3.13. The second kappa shape index (κ2) is 5.56. The number of hydrogen-bond acceptors (Lipinski definition) is 4. The van der Waals surface area contributed by atoms with Crippen LogP contribution >= 0.6 is 11.3 Å². The number of thiazole rings is 1. The lowest BCUT2D eigenvalue weighted by Crippen LogP contribution is -2.14. The maximum Gasteiger partial charge on any atom is 0.304 e. The number of benzene rings is 1. The van der Waals surface area contributed by atoms with Gasteiger partial charge in [0.05, 0.1) is 5.52 Å². The van der Waals surface area contributed by atoms with Crippen LogP contribution in [0, 0.1) is 6.92 Å². The summed E-state index contributed by atoms with van der Waals surface area (Å²) in [5, 5.41) is 6.38. The van der Waals surface area contributed by atoms with Gasteiger partial charge in [-0.2, -0.15) is 0 Å². The lowest BCUT2D eigenvalue weighted by molar-refractivity contribution is 0.684. The molecule has 3 aromatic rings. The number of rotatable bonds is 4. The summed E-state index contributed by atoms with van der Waals surface area (Å²) in [6.45, 7) is 3.42. The van der Waals surface area contributed by atoms with Crippen molar-refractivity contribution in [3.05, 3.63) is 62.3 Å². The number of hydrogen-bond donors (Lipinski definition) is 2. The van der Waals surface area contributed by atoms with Crippen molar-refractivity contribution in [3.8, 4) is 0 Å². The van der Waals surface area contributed by atoms with Crippen LogP contribution in [0.1, 0.15) is 17.0 Å². The minimum atomic E-state index is -0.00740. The molecule has 5 heteroatoms. The number of fused-ring (bicyclic) bond motifs is 1. The molecule has 2 N–H and O–H groups in total. The maximum absolute atomic E-state index is 11.1. The smallest absolute Gasteiger partial charge is 0.304 e. The summed E-state index contributed by atoms with van der Waals surface area (Å²) in [5.41, 5.74) is 4.19. The van der Waals surface area contributed by atoms with Gasteiger partial charge in [-0.25, -0.2) is 0 Å². The summed E-state index contributed by atoms with van der Waals surface area (Å²) >= 11 is 1.19. The third kappa shape index (κ3) is 2.79.